The number of rotatable bonds is 2. The molecule has 0 aliphatic rings. The van der Waals surface area contributed by atoms with Gasteiger partial charge < -0.3 is 0 Å². The van der Waals surface area contributed by atoms with E-state index in [9.17, 15) is 13.6 Å². The van der Waals surface area contributed by atoms with E-state index in [0.29, 0.717) is 11.1 Å². The van der Waals surface area contributed by atoms with Gasteiger partial charge in [0.25, 0.3) is 0 Å². The molecule has 0 atom stereocenters. The fraction of sp³-hybridized carbons (Fsp3) is 0. The SMILES string of the molecule is O=C(F)c1ccc(-c2ccccc2F)cc1. The summed E-state index contributed by atoms with van der Waals surface area (Å²) < 4.78 is 25.7. The lowest BCUT2D eigenvalue weighted by Gasteiger charge is -2.03. The highest BCUT2D eigenvalue weighted by molar-refractivity contribution is 5.89. The number of carbonyl (C=O) groups excluding carboxylic acids is 1. The Hall–Kier alpha value is -2.03. The molecule has 0 N–H and O–H groups in total. The standard InChI is InChI=1S/C13H8F2O/c14-12-4-2-1-3-11(12)9-5-7-10(8-6-9)13(15)16/h1-8H. The van der Waals surface area contributed by atoms with E-state index in [0.717, 1.165) is 0 Å². The maximum atomic E-state index is 13.4. The monoisotopic (exact) mass is 218 g/mol. The summed E-state index contributed by atoms with van der Waals surface area (Å²) in [5.74, 6) is -0.346. The lowest BCUT2D eigenvalue weighted by Crippen LogP contribution is -1.90. The number of hydrogen-bond donors (Lipinski definition) is 0. The van der Waals surface area contributed by atoms with Crippen molar-refractivity contribution in [1.82, 2.24) is 0 Å². The van der Waals surface area contributed by atoms with Gasteiger partial charge in [0.15, 0.2) is 0 Å². The van der Waals surface area contributed by atoms with Crippen LogP contribution in [0.1, 0.15) is 10.4 Å². The second-order valence-corrected chi connectivity index (χ2v) is 3.33. The molecular weight excluding hydrogens is 210 g/mol. The topological polar surface area (TPSA) is 17.1 Å². The minimum Gasteiger partial charge on any atom is -0.255 e. The molecule has 80 valence electrons. The molecule has 2 aromatic carbocycles. The Morgan fingerprint density at radius 3 is 2.12 bits per heavy atom. The highest BCUT2D eigenvalue weighted by Crippen LogP contribution is 2.22. The fourth-order valence-corrected chi connectivity index (χ4v) is 1.48. The molecule has 0 aliphatic heterocycles. The molecule has 0 bridgehead atoms. The van der Waals surface area contributed by atoms with E-state index in [-0.39, 0.29) is 11.4 Å². The zero-order valence-electron chi connectivity index (χ0n) is 8.28. The van der Waals surface area contributed by atoms with Crippen molar-refractivity contribution < 1.29 is 13.6 Å². The smallest absolute Gasteiger partial charge is 0.255 e. The average molecular weight is 218 g/mol. The molecule has 2 rings (SSSR count). The van der Waals surface area contributed by atoms with Gasteiger partial charge in [0, 0.05) is 5.56 Å². The number of carbonyl (C=O) groups is 1. The van der Waals surface area contributed by atoms with Crippen LogP contribution in [-0.4, -0.2) is 6.04 Å². The first-order valence-corrected chi connectivity index (χ1v) is 4.73. The molecule has 0 saturated heterocycles. The summed E-state index contributed by atoms with van der Waals surface area (Å²) in [4.78, 5) is 10.4. The van der Waals surface area contributed by atoms with Gasteiger partial charge >= 0.3 is 6.04 Å². The number of benzene rings is 2. The van der Waals surface area contributed by atoms with E-state index in [1.165, 1.54) is 30.3 Å². The third-order valence-corrected chi connectivity index (χ3v) is 2.30. The van der Waals surface area contributed by atoms with Gasteiger partial charge in [-0.25, -0.2) is 4.39 Å². The molecule has 0 fully saturated rings. The Morgan fingerprint density at radius 1 is 0.938 bits per heavy atom. The molecule has 16 heavy (non-hydrogen) atoms. The predicted octanol–water partition coefficient (Wildman–Crippen LogP) is 3.60. The van der Waals surface area contributed by atoms with Crippen molar-refractivity contribution in [2.45, 2.75) is 0 Å². The van der Waals surface area contributed by atoms with Gasteiger partial charge in [0.05, 0.1) is 5.56 Å². The van der Waals surface area contributed by atoms with Crippen LogP contribution in [-0.2, 0) is 0 Å². The van der Waals surface area contributed by atoms with Crippen LogP contribution in [0.4, 0.5) is 8.78 Å². The second-order valence-electron chi connectivity index (χ2n) is 3.33. The summed E-state index contributed by atoms with van der Waals surface area (Å²) in [5.41, 5.74) is 1.02. The minimum atomic E-state index is -1.49. The van der Waals surface area contributed by atoms with Crippen LogP contribution in [0.3, 0.4) is 0 Å². The zero-order valence-corrected chi connectivity index (χ0v) is 8.28. The Kier molecular flexibility index (Phi) is 2.77. The molecule has 0 spiro atoms. The maximum Gasteiger partial charge on any atom is 0.332 e. The molecule has 0 heterocycles. The molecule has 3 heteroatoms. The first kappa shape index (κ1) is 10.5. The zero-order chi connectivity index (χ0) is 11.5. The Morgan fingerprint density at radius 2 is 1.56 bits per heavy atom. The molecule has 0 unspecified atom stereocenters. The number of hydrogen-bond acceptors (Lipinski definition) is 1. The second kappa shape index (κ2) is 4.23. The van der Waals surface area contributed by atoms with Gasteiger partial charge in [-0.05, 0) is 23.8 Å². The van der Waals surface area contributed by atoms with Crippen LogP contribution >= 0.6 is 0 Å². The summed E-state index contributed by atoms with van der Waals surface area (Å²) in [5, 5.41) is 0. The first-order chi connectivity index (χ1) is 7.68. The molecule has 0 amide bonds. The largest absolute Gasteiger partial charge is 0.332 e. The predicted molar refractivity (Wildman–Crippen MR) is 57.3 cm³/mol. The normalized spacial score (nSPS) is 10.1. The van der Waals surface area contributed by atoms with Crippen LogP contribution in [0.15, 0.2) is 48.5 Å². The van der Waals surface area contributed by atoms with E-state index in [1.807, 2.05) is 0 Å². The highest BCUT2D eigenvalue weighted by atomic mass is 19.1. The molecular formula is C13H8F2O. The van der Waals surface area contributed by atoms with Crippen molar-refractivity contribution in [2.75, 3.05) is 0 Å². The summed E-state index contributed by atoms with van der Waals surface area (Å²) in [6.45, 7) is 0. The lowest BCUT2D eigenvalue weighted by molar-refractivity contribution is 0.0836. The molecule has 2 aromatic rings. The maximum absolute atomic E-state index is 13.4. The lowest BCUT2D eigenvalue weighted by atomic mass is 10.0. The van der Waals surface area contributed by atoms with Gasteiger partial charge in [0.2, 0.25) is 0 Å². The van der Waals surface area contributed by atoms with E-state index >= 15 is 0 Å². The van der Waals surface area contributed by atoms with Crippen molar-refractivity contribution in [3.05, 3.63) is 59.9 Å². The molecule has 0 saturated carbocycles. The summed E-state index contributed by atoms with van der Waals surface area (Å²) >= 11 is 0. The average Bonchev–Trinajstić information content (AvgIpc) is 2.30. The Labute approximate surface area is 91.3 Å². The molecule has 0 aliphatic carbocycles. The van der Waals surface area contributed by atoms with Crippen LogP contribution in [0.25, 0.3) is 11.1 Å². The van der Waals surface area contributed by atoms with Gasteiger partial charge in [-0.2, -0.15) is 4.39 Å². The highest BCUT2D eigenvalue weighted by Gasteiger charge is 2.06. The van der Waals surface area contributed by atoms with Crippen LogP contribution in [0, 0.1) is 5.82 Å². The third kappa shape index (κ3) is 1.98. The fourth-order valence-electron chi connectivity index (χ4n) is 1.48. The van der Waals surface area contributed by atoms with Crippen molar-refractivity contribution in [3.63, 3.8) is 0 Å². The van der Waals surface area contributed by atoms with Gasteiger partial charge in [-0.3, -0.25) is 4.79 Å². The van der Waals surface area contributed by atoms with E-state index in [4.69, 9.17) is 0 Å². The first-order valence-electron chi connectivity index (χ1n) is 4.73. The quantitative estimate of drug-likeness (QED) is 0.704. The minimum absolute atomic E-state index is 0.0277. The van der Waals surface area contributed by atoms with E-state index in [2.05, 4.69) is 0 Å². The van der Waals surface area contributed by atoms with E-state index < -0.39 is 6.04 Å². The summed E-state index contributed by atoms with van der Waals surface area (Å²) in [6.07, 6.45) is 0. The van der Waals surface area contributed by atoms with Gasteiger partial charge in [-0.15, -0.1) is 0 Å². The van der Waals surface area contributed by atoms with Gasteiger partial charge in [0.1, 0.15) is 5.82 Å². The van der Waals surface area contributed by atoms with Crippen LogP contribution < -0.4 is 0 Å². The van der Waals surface area contributed by atoms with Crippen molar-refractivity contribution in [1.29, 1.82) is 0 Å². The Balaban J connectivity index is 2.43. The number of halogens is 2. The van der Waals surface area contributed by atoms with Crippen molar-refractivity contribution >= 4 is 6.04 Å². The van der Waals surface area contributed by atoms with Crippen LogP contribution in [0.2, 0.25) is 0 Å². The molecule has 0 aromatic heterocycles. The van der Waals surface area contributed by atoms with Gasteiger partial charge in [-0.1, -0.05) is 30.3 Å². The Bertz CT molecular complexity index is 518. The third-order valence-electron chi connectivity index (χ3n) is 2.30. The molecule has 0 radical (unpaired) electrons. The van der Waals surface area contributed by atoms with Crippen molar-refractivity contribution in [2.24, 2.45) is 0 Å². The summed E-state index contributed by atoms with van der Waals surface area (Å²) in [7, 11) is 0. The van der Waals surface area contributed by atoms with Crippen LogP contribution in [0.5, 0.6) is 0 Å². The van der Waals surface area contributed by atoms with E-state index in [1.54, 1.807) is 18.2 Å². The van der Waals surface area contributed by atoms with Crippen molar-refractivity contribution in [3.8, 4) is 11.1 Å². The summed E-state index contributed by atoms with van der Waals surface area (Å²) in [6, 6.07) is 10.5. The molecule has 1 nitrogen and oxygen atoms in total.